The van der Waals surface area contributed by atoms with E-state index in [2.05, 4.69) is 37.5 Å². The summed E-state index contributed by atoms with van der Waals surface area (Å²) in [5.41, 5.74) is 3.49. The van der Waals surface area contributed by atoms with E-state index in [1.165, 1.54) is 23.8 Å². The largest absolute Gasteiger partial charge is 0.326 e. The number of thiazole rings is 1. The molecule has 3 heterocycles. The molecule has 0 saturated heterocycles. The third-order valence-electron chi connectivity index (χ3n) is 3.87. The van der Waals surface area contributed by atoms with Crippen LogP contribution in [0.4, 0.5) is 0 Å². The lowest BCUT2D eigenvalue weighted by Crippen LogP contribution is -2.14. The summed E-state index contributed by atoms with van der Waals surface area (Å²) in [6.07, 6.45) is 6.72. The number of rotatable bonds is 5. The molecule has 0 unspecified atom stereocenters. The molecule has 108 valence electrons. The maximum atomic E-state index is 4.56. The lowest BCUT2D eigenvalue weighted by Gasteiger charge is -2.01. The topological polar surface area (TPSA) is 42.7 Å². The molecule has 1 aliphatic rings. The third-order valence-corrected chi connectivity index (χ3v) is 4.70. The molecule has 0 aromatic carbocycles. The molecule has 5 heteroatoms. The monoisotopic (exact) mass is 298 g/mol. The average molecular weight is 298 g/mol. The van der Waals surface area contributed by atoms with Gasteiger partial charge in [-0.05, 0) is 37.5 Å². The SMILES string of the molecule is Cc1nc(Cn2cc(CNC3CC3)c3cccnc32)cs1. The van der Waals surface area contributed by atoms with E-state index in [1.54, 1.807) is 11.3 Å². The summed E-state index contributed by atoms with van der Waals surface area (Å²) in [7, 11) is 0. The highest BCUT2D eigenvalue weighted by Gasteiger charge is 2.21. The molecule has 0 bridgehead atoms. The zero-order chi connectivity index (χ0) is 14.2. The minimum atomic E-state index is 0.723. The first kappa shape index (κ1) is 13.0. The van der Waals surface area contributed by atoms with Gasteiger partial charge in [0.25, 0.3) is 0 Å². The van der Waals surface area contributed by atoms with Gasteiger partial charge in [-0.15, -0.1) is 11.3 Å². The van der Waals surface area contributed by atoms with Crippen LogP contribution >= 0.6 is 11.3 Å². The van der Waals surface area contributed by atoms with Crippen LogP contribution in [0.25, 0.3) is 11.0 Å². The van der Waals surface area contributed by atoms with Crippen LogP contribution in [0.15, 0.2) is 29.9 Å². The van der Waals surface area contributed by atoms with Gasteiger partial charge < -0.3 is 9.88 Å². The molecule has 1 saturated carbocycles. The van der Waals surface area contributed by atoms with E-state index >= 15 is 0 Å². The van der Waals surface area contributed by atoms with Crippen LogP contribution in [-0.2, 0) is 13.1 Å². The zero-order valence-corrected chi connectivity index (χ0v) is 12.9. The number of pyridine rings is 1. The van der Waals surface area contributed by atoms with Gasteiger partial charge in [-0.25, -0.2) is 9.97 Å². The molecule has 4 nitrogen and oxygen atoms in total. The molecule has 0 radical (unpaired) electrons. The average Bonchev–Trinajstić information content (AvgIpc) is 3.15. The highest BCUT2D eigenvalue weighted by Crippen LogP contribution is 2.23. The molecule has 0 atom stereocenters. The summed E-state index contributed by atoms with van der Waals surface area (Å²) >= 11 is 1.70. The molecule has 0 spiro atoms. The van der Waals surface area contributed by atoms with E-state index in [1.807, 2.05) is 19.2 Å². The van der Waals surface area contributed by atoms with Gasteiger partial charge in [-0.1, -0.05) is 0 Å². The fraction of sp³-hybridized carbons (Fsp3) is 0.375. The Morgan fingerprint density at radius 3 is 3.10 bits per heavy atom. The summed E-state index contributed by atoms with van der Waals surface area (Å²) in [5.74, 6) is 0. The van der Waals surface area contributed by atoms with Crippen molar-refractivity contribution >= 4 is 22.4 Å². The number of nitrogens with zero attached hydrogens (tertiary/aromatic N) is 3. The van der Waals surface area contributed by atoms with Gasteiger partial charge in [0.2, 0.25) is 0 Å². The lowest BCUT2D eigenvalue weighted by atomic mass is 10.2. The summed E-state index contributed by atoms with van der Waals surface area (Å²) in [5, 5.41) is 8.09. The summed E-state index contributed by atoms with van der Waals surface area (Å²) in [6.45, 7) is 3.77. The molecule has 3 aromatic heterocycles. The first-order valence-corrected chi connectivity index (χ1v) is 8.25. The third kappa shape index (κ3) is 2.71. The molecule has 1 fully saturated rings. The summed E-state index contributed by atoms with van der Waals surface area (Å²) in [4.78, 5) is 9.12. The van der Waals surface area contributed by atoms with E-state index in [-0.39, 0.29) is 0 Å². The second kappa shape index (κ2) is 5.24. The van der Waals surface area contributed by atoms with Crippen molar-refractivity contribution in [1.82, 2.24) is 19.9 Å². The number of hydrogen-bond acceptors (Lipinski definition) is 4. The van der Waals surface area contributed by atoms with Crippen molar-refractivity contribution in [3.05, 3.63) is 46.2 Å². The lowest BCUT2D eigenvalue weighted by molar-refractivity contribution is 0.686. The standard InChI is InChI=1S/C16H18N4S/c1-11-19-14(10-21-11)9-20-8-12(7-18-13-4-5-13)15-3-2-6-17-16(15)20/h2-3,6,8,10,13,18H,4-5,7,9H2,1H3. The minimum absolute atomic E-state index is 0.723. The quantitative estimate of drug-likeness (QED) is 0.787. The van der Waals surface area contributed by atoms with Crippen molar-refractivity contribution < 1.29 is 0 Å². The molecule has 0 aliphatic heterocycles. The number of nitrogens with one attached hydrogen (secondary N) is 1. The van der Waals surface area contributed by atoms with Gasteiger partial charge in [0.05, 0.1) is 17.2 Å². The molecule has 1 N–H and O–H groups in total. The Hall–Kier alpha value is -1.72. The maximum Gasteiger partial charge on any atom is 0.140 e. The Kier molecular flexibility index (Phi) is 3.24. The van der Waals surface area contributed by atoms with Crippen molar-refractivity contribution in [2.24, 2.45) is 0 Å². The maximum absolute atomic E-state index is 4.56. The van der Waals surface area contributed by atoms with Crippen molar-refractivity contribution in [2.45, 2.75) is 38.9 Å². The zero-order valence-electron chi connectivity index (χ0n) is 12.0. The van der Waals surface area contributed by atoms with E-state index in [0.29, 0.717) is 0 Å². The smallest absolute Gasteiger partial charge is 0.140 e. The van der Waals surface area contributed by atoms with Gasteiger partial charge in [0.1, 0.15) is 5.65 Å². The molecule has 0 amide bonds. The van der Waals surface area contributed by atoms with E-state index in [0.717, 1.165) is 35.5 Å². The Morgan fingerprint density at radius 2 is 2.33 bits per heavy atom. The number of aryl methyl sites for hydroxylation is 1. The first-order valence-electron chi connectivity index (χ1n) is 7.37. The van der Waals surface area contributed by atoms with Gasteiger partial charge in [0.15, 0.2) is 0 Å². The van der Waals surface area contributed by atoms with Crippen molar-refractivity contribution in [2.75, 3.05) is 0 Å². The van der Waals surface area contributed by atoms with Gasteiger partial charge >= 0.3 is 0 Å². The molecular formula is C16H18N4S. The Bertz CT molecular complexity index is 770. The minimum Gasteiger partial charge on any atom is -0.326 e. The fourth-order valence-electron chi connectivity index (χ4n) is 2.65. The fourth-order valence-corrected chi connectivity index (χ4v) is 3.26. The second-order valence-corrected chi connectivity index (χ2v) is 6.73. The van der Waals surface area contributed by atoms with E-state index < -0.39 is 0 Å². The molecule has 3 aromatic rings. The molecule has 4 rings (SSSR count). The number of aromatic nitrogens is 3. The van der Waals surface area contributed by atoms with Crippen molar-refractivity contribution in [3.8, 4) is 0 Å². The van der Waals surface area contributed by atoms with Gasteiger partial charge in [0, 0.05) is 35.7 Å². The highest BCUT2D eigenvalue weighted by molar-refractivity contribution is 7.09. The number of hydrogen-bond donors (Lipinski definition) is 1. The normalized spacial score (nSPS) is 14.9. The first-order chi connectivity index (χ1) is 10.3. The van der Waals surface area contributed by atoms with Crippen LogP contribution in [0.2, 0.25) is 0 Å². The highest BCUT2D eigenvalue weighted by atomic mass is 32.1. The van der Waals surface area contributed by atoms with Gasteiger partial charge in [-0.2, -0.15) is 0 Å². The van der Waals surface area contributed by atoms with E-state index in [9.17, 15) is 0 Å². The predicted octanol–water partition coefficient (Wildman–Crippen LogP) is 3.10. The predicted molar refractivity (Wildman–Crippen MR) is 85.5 cm³/mol. The van der Waals surface area contributed by atoms with Crippen LogP contribution in [0, 0.1) is 6.92 Å². The summed E-state index contributed by atoms with van der Waals surface area (Å²) < 4.78 is 2.22. The Labute approximate surface area is 127 Å². The van der Waals surface area contributed by atoms with Gasteiger partial charge in [-0.3, -0.25) is 0 Å². The van der Waals surface area contributed by atoms with Crippen molar-refractivity contribution in [3.63, 3.8) is 0 Å². The van der Waals surface area contributed by atoms with Crippen LogP contribution < -0.4 is 5.32 Å². The number of fused-ring (bicyclic) bond motifs is 1. The van der Waals surface area contributed by atoms with Crippen LogP contribution in [0.5, 0.6) is 0 Å². The van der Waals surface area contributed by atoms with Crippen molar-refractivity contribution in [1.29, 1.82) is 0 Å². The molecular weight excluding hydrogens is 280 g/mol. The summed E-state index contributed by atoms with van der Waals surface area (Å²) in [6, 6.07) is 4.90. The van der Waals surface area contributed by atoms with Crippen LogP contribution in [0.3, 0.4) is 0 Å². The second-order valence-electron chi connectivity index (χ2n) is 5.67. The van der Waals surface area contributed by atoms with Crippen LogP contribution in [0.1, 0.15) is 29.1 Å². The molecule has 1 aliphatic carbocycles. The Morgan fingerprint density at radius 1 is 1.43 bits per heavy atom. The Balaban J connectivity index is 1.66. The molecule has 21 heavy (non-hydrogen) atoms. The van der Waals surface area contributed by atoms with Crippen LogP contribution in [-0.4, -0.2) is 20.6 Å². The van der Waals surface area contributed by atoms with E-state index in [4.69, 9.17) is 0 Å².